The van der Waals surface area contributed by atoms with E-state index in [0.29, 0.717) is 5.41 Å². The summed E-state index contributed by atoms with van der Waals surface area (Å²) in [5, 5.41) is 3.41. The third-order valence-corrected chi connectivity index (χ3v) is 2.72. The van der Waals surface area contributed by atoms with Gasteiger partial charge in [0.1, 0.15) is 0 Å². The molecule has 0 aromatic heterocycles. The van der Waals surface area contributed by atoms with Gasteiger partial charge in [0.05, 0.1) is 0 Å². The fraction of sp³-hybridized carbons (Fsp3) is 1.00. The Morgan fingerprint density at radius 3 is 2.62 bits per heavy atom. The first kappa shape index (κ1) is 11.0. The summed E-state index contributed by atoms with van der Waals surface area (Å²) in [6.45, 7) is 8.16. The van der Waals surface area contributed by atoms with Crippen LogP contribution in [0.1, 0.15) is 26.7 Å². The summed E-state index contributed by atoms with van der Waals surface area (Å²) < 4.78 is 5.34. The first-order valence-electron chi connectivity index (χ1n) is 5.16. The second kappa shape index (κ2) is 4.94. The van der Waals surface area contributed by atoms with E-state index in [2.05, 4.69) is 12.2 Å². The minimum atomic E-state index is 0.253. The first-order chi connectivity index (χ1) is 6.12. The van der Waals surface area contributed by atoms with Crippen molar-refractivity contribution in [1.82, 2.24) is 5.32 Å². The van der Waals surface area contributed by atoms with E-state index in [0.717, 1.165) is 26.3 Å². The maximum Gasteiger partial charge on any atom is 0.0471 e. The minimum Gasteiger partial charge on any atom is -0.381 e. The third-order valence-electron chi connectivity index (χ3n) is 2.72. The van der Waals surface area contributed by atoms with Gasteiger partial charge in [-0.15, -0.1) is 0 Å². The van der Waals surface area contributed by atoms with Gasteiger partial charge in [0, 0.05) is 32.3 Å². The lowest BCUT2D eigenvalue weighted by Gasteiger charge is -2.33. The van der Waals surface area contributed by atoms with E-state index < -0.39 is 0 Å². The van der Waals surface area contributed by atoms with Crippen LogP contribution < -0.4 is 11.1 Å². The van der Waals surface area contributed by atoms with Crippen LogP contribution in [0.5, 0.6) is 0 Å². The van der Waals surface area contributed by atoms with E-state index in [1.807, 2.05) is 6.92 Å². The van der Waals surface area contributed by atoms with Crippen molar-refractivity contribution in [2.24, 2.45) is 11.1 Å². The molecule has 0 aromatic carbocycles. The van der Waals surface area contributed by atoms with Crippen LogP contribution >= 0.6 is 0 Å². The van der Waals surface area contributed by atoms with Crippen LogP contribution in [0.3, 0.4) is 0 Å². The smallest absolute Gasteiger partial charge is 0.0471 e. The Hall–Kier alpha value is -0.120. The average molecular weight is 186 g/mol. The van der Waals surface area contributed by atoms with Crippen molar-refractivity contribution >= 4 is 0 Å². The Kier molecular flexibility index (Phi) is 4.16. The zero-order chi connectivity index (χ0) is 9.73. The van der Waals surface area contributed by atoms with Crippen LogP contribution in [0.15, 0.2) is 0 Å². The standard InChI is InChI=1S/C10H22N2O/c1-9(11)7-12-8-10(2)3-5-13-6-4-10/h9,12H,3-8,11H2,1-2H3. The van der Waals surface area contributed by atoms with Crippen molar-refractivity contribution < 1.29 is 4.74 Å². The van der Waals surface area contributed by atoms with E-state index in [1.54, 1.807) is 0 Å². The molecule has 1 aliphatic heterocycles. The van der Waals surface area contributed by atoms with E-state index >= 15 is 0 Å². The van der Waals surface area contributed by atoms with Crippen LogP contribution in [0, 0.1) is 5.41 Å². The van der Waals surface area contributed by atoms with Crippen molar-refractivity contribution in [3.63, 3.8) is 0 Å². The van der Waals surface area contributed by atoms with E-state index in [1.165, 1.54) is 12.8 Å². The maximum atomic E-state index is 5.66. The zero-order valence-electron chi connectivity index (χ0n) is 8.81. The lowest BCUT2D eigenvalue weighted by Crippen LogP contribution is -2.40. The number of ether oxygens (including phenoxy) is 1. The van der Waals surface area contributed by atoms with Gasteiger partial charge in [0.25, 0.3) is 0 Å². The van der Waals surface area contributed by atoms with Crippen LogP contribution in [0.25, 0.3) is 0 Å². The molecule has 1 unspecified atom stereocenters. The van der Waals surface area contributed by atoms with Gasteiger partial charge in [-0.1, -0.05) is 6.92 Å². The number of nitrogens with two attached hydrogens (primary N) is 1. The molecular formula is C10H22N2O. The molecule has 1 atom stereocenters. The highest BCUT2D eigenvalue weighted by Gasteiger charge is 2.26. The molecule has 0 radical (unpaired) electrons. The Labute approximate surface area is 81.0 Å². The Morgan fingerprint density at radius 1 is 1.46 bits per heavy atom. The summed E-state index contributed by atoms with van der Waals surface area (Å²) in [7, 11) is 0. The predicted molar refractivity (Wildman–Crippen MR) is 54.7 cm³/mol. The van der Waals surface area contributed by atoms with Gasteiger partial charge >= 0.3 is 0 Å². The van der Waals surface area contributed by atoms with Gasteiger partial charge in [-0.3, -0.25) is 0 Å². The highest BCUT2D eigenvalue weighted by atomic mass is 16.5. The quantitative estimate of drug-likeness (QED) is 0.681. The fourth-order valence-electron chi connectivity index (χ4n) is 1.64. The van der Waals surface area contributed by atoms with Crippen LogP contribution in [-0.4, -0.2) is 32.3 Å². The maximum absolute atomic E-state index is 5.66. The molecule has 78 valence electrons. The van der Waals surface area contributed by atoms with Gasteiger partial charge < -0.3 is 15.8 Å². The van der Waals surface area contributed by atoms with Crippen molar-refractivity contribution in [2.45, 2.75) is 32.7 Å². The number of hydrogen-bond acceptors (Lipinski definition) is 3. The molecule has 0 bridgehead atoms. The highest BCUT2D eigenvalue weighted by molar-refractivity contribution is 4.79. The summed E-state index contributed by atoms with van der Waals surface area (Å²) in [6, 6.07) is 0.253. The highest BCUT2D eigenvalue weighted by Crippen LogP contribution is 2.28. The molecule has 3 N–H and O–H groups in total. The molecule has 1 heterocycles. The van der Waals surface area contributed by atoms with Crippen molar-refractivity contribution in [1.29, 1.82) is 0 Å². The Bertz CT molecular complexity index is 142. The van der Waals surface area contributed by atoms with Crippen molar-refractivity contribution in [2.75, 3.05) is 26.3 Å². The van der Waals surface area contributed by atoms with Crippen LogP contribution in [-0.2, 0) is 4.74 Å². The number of rotatable bonds is 4. The molecule has 3 heteroatoms. The largest absolute Gasteiger partial charge is 0.381 e. The third kappa shape index (κ3) is 4.07. The van der Waals surface area contributed by atoms with Gasteiger partial charge in [-0.25, -0.2) is 0 Å². The molecular weight excluding hydrogens is 164 g/mol. The fourth-order valence-corrected chi connectivity index (χ4v) is 1.64. The summed E-state index contributed by atoms with van der Waals surface area (Å²) in [5.74, 6) is 0. The number of hydrogen-bond donors (Lipinski definition) is 2. The molecule has 0 amide bonds. The topological polar surface area (TPSA) is 47.3 Å². The molecule has 1 rings (SSSR count). The zero-order valence-corrected chi connectivity index (χ0v) is 8.81. The molecule has 3 nitrogen and oxygen atoms in total. The lowest BCUT2D eigenvalue weighted by atomic mass is 9.82. The summed E-state index contributed by atoms with van der Waals surface area (Å²) in [4.78, 5) is 0. The second-order valence-electron chi connectivity index (χ2n) is 4.53. The molecule has 1 fully saturated rings. The van der Waals surface area contributed by atoms with Crippen LogP contribution in [0.2, 0.25) is 0 Å². The molecule has 0 aliphatic carbocycles. The van der Waals surface area contributed by atoms with Gasteiger partial charge in [-0.05, 0) is 25.2 Å². The first-order valence-corrected chi connectivity index (χ1v) is 5.16. The Balaban J connectivity index is 2.17. The van der Waals surface area contributed by atoms with Gasteiger partial charge in [0.2, 0.25) is 0 Å². The lowest BCUT2D eigenvalue weighted by molar-refractivity contribution is 0.0241. The van der Waals surface area contributed by atoms with Crippen molar-refractivity contribution in [3.05, 3.63) is 0 Å². The molecule has 1 saturated heterocycles. The Morgan fingerprint density at radius 2 is 2.08 bits per heavy atom. The SMILES string of the molecule is CC(N)CNCC1(C)CCOCC1. The molecule has 13 heavy (non-hydrogen) atoms. The molecule has 0 saturated carbocycles. The van der Waals surface area contributed by atoms with Crippen LogP contribution in [0.4, 0.5) is 0 Å². The van der Waals surface area contributed by atoms with E-state index in [-0.39, 0.29) is 6.04 Å². The van der Waals surface area contributed by atoms with Gasteiger partial charge in [-0.2, -0.15) is 0 Å². The number of nitrogens with one attached hydrogen (secondary N) is 1. The summed E-state index contributed by atoms with van der Waals surface area (Å²) >= 11 is 0. The second-order valence-corrected chi connectivity index (χ2v) is 4.53. The average Bonchev–Trinajstić information content (AvgIpc) is 2.04. The normalized spacial score (nSPS) is 24.2. The summed E-state index contributed by atoms with van der Waals surface area (Å²) in [6.07, 6.45) is 2.33. The molecule has 0 aromatic rings. The van der Waals surface area contributed by atoms with E-state index in [9.17, 15) is 0 Å². The molecule has 0 spiro atoms. The van der Waals surface area contributed by atoms with Crippen molar-refractivity contribution in [3.8, 4) is 0 Å². The monoisotopic (exact) mass is 186 g/mol. The predicted octanol–water partition coefficient (Wildman–Crippen LogP) is 0.740. The minimum absolute atomic E-state index is 0.253. The molecule has 1 aliphatic rings. The van der Waals surface area contributed by atoms with Gasteiger partial charge in [0.15, 0.2) is 0 Å². The summed E-state index contributed by atoms with van der Waals surface area (Å²) in [5.41, 5.74) is 6.09. The van der Waals surface area contributed by atoms with E-state index in [4.69, 9.17) is 10.5 Å².